The van der Waals surface area contributed by atoms with Gasteiger partial charge in [-0.15, -0.1) is 11.6 Å². The second kappa shape index (κ2) is 6.53. The molecule has 22 heavy (non-hydrogen) atoms. The lowest BCUT2D eigenvalue weighted by atomic mass is 9.97. The van der Waals surface area contributed by atoms with Gasteiger partial charge in [0.05, 0.1) is 7.11 Å². The molecule has 0 bridgehead atoms. The fourth-order valence-electron chi connectivity index (χ4n) is 1.55. The third-order valence-corrected chi connectivity index (χ3v) is 3.36. The zero-order valence-corrected chi connectivity index (χ0v) is 12.3. The van der Waals surface area contributed by atoms with Crippen LogP contribution in [0.25, 0.3) is 0 Å². The fourth-order valence-corrected chi connectivity index (χ4v) is 1.82. The van der Waals surface area contributed by atoms with Gasteiger partial charge in [-0.05, 0) is 19.1 Å². The second-order valence-electron chi connectivity index (χ2n) is 4.47. The van der Waals surface area contributed by atoms with Gasteiger partial charge in [0.2, 0.25) is 5.91 Å². The molecule has 0 aliphatic rings. The quantitative estimate of drug-likeness (QED) is 0.650. The van der Waals surface area contributed by atoms with E-state index >= 15 is 0 Å². The molecule has 0 aliphatic heterocycles. The Morgan fingerprint density at radius 2 is 1.77 bits per heavy atom. The molecule has 0 saturated heterocycles. The lowest BCUT2D eigenvalue weighted by Crippen LogP contribution is -2.62. The summed E-state index contributed by atoms with van der Waals surface area (Å²) in [5.41, 5.74) is -3.13. The third kappa shape index (κ3) is 3.50. The van der Waals surface area contributed by atoms with Crippen molar-refractivity contribution in [3.8, 4) is 0 Å². The largest absolute Gasteiger partial charge is 0.467 e. The molecule has 1 amide bonds. The van der Waals surface area contributed by atoms with Gasteiger partial charge in [0.15, 0.2) is 5.38 Å². The van der Waals surface area contributed by atoms with E-state index in [0.717, 1.165) is 5.56 Å². The average molecular weight is 340 g/mol. The van der Waals surface area contributed by atoms with Crippen molar-refractivity contribution < 1.29 is 32.6 Å². The SMILES string of the molecule is COC(=O)C(O)(C(Cl)C(=O)Nc1ccc(C)cc1)C(F)(F)F. The van der Waals surface area contributed by atoms with Gasteiger partial charge in [-0.3, -0.25) is 4.79 Å². The molecule has 5 nitrogen and oxygen atoms in total. The average Bonchev–Trinajstić information content (AvgIpc) is 2.45. The summed E-state index contributed by atoms with van der Waals surface area (Å²) in [4.78, 5) is 23.1. The van der Waals surface area contributed by atoms with Crippen molar-refractivity contribution in [1.29, 1.82) is 0 Å². The van der Waals surface area contributed by atoms with Crippen LogP contribution in [0.1, 0.15) is 5.56 Å². The van der Waals surface area contributed by atoms with Crippen molar-refractivity contribution in [3.63, 3.8) is 0 Å². The molecule has 0 radical (unpaired) electrons. The first-order valence-electron chi connectivity index (χ1n) is 5.93. The fraction of sp³-hybridized carbons (Fsp3) is 0.385. The normalized spacial score (nSPS) is 15.6. The molecule has 1 aromatic rings. The van der Waals surface area contributed by atoms with Crippen LogP contribution in [0, 0.1) is 6.92 Å². The molecule has 9 heteroatoms. The van der Waals surface area contributed by atoms with Gasteiger partial charge in [0.25, 0.3) is 5.60 Å². The topological polar surface area (TPSA) is 75.6 Å². The molecule has 0 heterocycles. The van der Waals surface area contributed by atoms with E-state index in [-0.39, 0.29) is 5.69 Å². The van der Waals surface area contributed by atoms with Crippen molar-refractivity contribution >= 4 is 29.2 Å². The van der Waals surface area contributed by atoms with Crippen molar-refractivity contribution in [3.05, 3.63) is 29.8 Å². The number of carbonyl (C=O) groups excluding carboxylic acids is 2. The van der Waals surface area contributed by atoms with Crippen LogP contribution < -0.4 is 5.32 Å². The molecule has 2 unspecified atom stereocenters. The summed E-state index contributed by atoms with van der Waals surface area (Å²) in [6.07, 6.45) is -5.49. The number of benzene rings is 1. The number of anilines is 1. The van der Waals surface area contributed by atoms with Crippen LogP contribution in [-0.2, 0) is 14.3 Å². The molecule has 1 aromatic carbocycles. The van der Waals surface area contributed by atoms with Gasteiger partial charge in [0, 0.05) is 5.69 Å². The molecule has 1 rings (SSSR count). The van der Waals surface area contributed by atoms with Crippen molar-refractivity contribution in [1.82, 2.24) is 0 Å². The van der Waals surface area contributed by atoms with Crippen LogP contribution >= 0.6 is 11.6 Å². The summed E-state index contributed by atoms with van der Waals surface area (Å²) in [7, 11) is 0.639. The summed E-state index contributed by atoms with van der Waals surface area (Å²) >= 11 is 5.40. The molecule has 2 N–H and O–H groups in total. The van der Waals surface area contributed by atoms with Crippen LogP contribution in [0.5, 0.6) is 0 Å². The highest BCUT2D eigenvalue weighted by Gasteiger charge is 2.67. The first-order valence-corrected chi connectivity index (χ1v) is 6.36. The number of ether oxygens (including phenoxy) is 1. The van der Waals surface area contributed by atoms with Crippen LogP contribution in [0.2, 0.25) is 0 Å². The number of esters is 1. The number of aryl methyl sites for hydroxylation is 1. The Balaban J connectivity index is 3.04. The predicted molar refractivity (Wildman–Crippen MR) is 72.5 cm³/mol. The van der Waals surface area contributed by atoms with Gasteiger partial charge in [-0.1, -0.05) is 17.7 Å². The molecule has 0 fully saturated rings. The predicted octanol–water partition coefficient (Wildman–Crippen LogP) is 2.01. The number of amides is 1. The van der Waals surface area contributed by atoms with Crippen LogP contribution in [0.4, 0.5) is 18.9 Å². The van der Waals surface area contributed by atoms with Gasteiger partial charge in [-0.25, -0.2) is 4.79 Å². The molecule has 122 valence electrons. The summed E-state index contributed by atoms with van der Waals surface area (Å²) in [5, 5.41) is 9.05. The highest BCUT2D eigenvalue weighted by Crippen LogP contribution is 2.37. The van der Waals surface area contributed by atoms with Gasteiger partial charge in [-0.2, -0.15) is 13.2 Å². The number of alkyl halides is 4. The smallest absolute Gasteiger partial charge is 0.430 e. The van der Waals surface area contributed by atoms with Gasteiger partial charge >= 0.3 is 12.1 Å². The first-order chi connectivity index (χ1) is 10.0. The van der Waals surface area contributed by atoms with E-state index in [2.05, 4.69) is 10.1 Å². The van der Waals surface area contributed by atoms with E-state index in [1.807, 2.05) is 0 Å². The van der Waals surface area contributed by atoms with Crippen molar-refractivity contribution in [2.24, 2.45) is 0 Å². The van der Waals surface area contributed by atoms with Crippen LogP contribution in [0.15, 0.2) is 24.3 Å². The maximum absolute atomic E-state index is 12.9. The lowest BCUT2D eigenvalue weighted by Gasteiger charge is -2.30. The van der Waals surface area contributed by atoms with E-state index in [0.29, 0.717) is 7.11 Å². The standard InChI is InChI=1S/C13H13ClF3NO4/c1-7-3-5-8(6-4-7)18-10(19)9(14)12(21,11(20)22-2)13(15,16)17/h3-6,9,21H,1-2H3,(H,18,19). The highest BCUT2D eigenvalue weighted by atomic mass is 35.5. The zero-order chi connectivity index (χ0) is 17.1. The minimum atomic E-state index is -5.49. The first kappa shape index (κ1) is 18.2. The minimum absolute atomic E-state index is 0.163. The van der Waals surface area contributed by atoms with Gasteiger partial charge < -0.3 is 15.2 Å². The molecule has 0 spiro atoms. The number of methoxy groups -OCH3 is 1. The van der Waals surface area contributed by atoms with E-state index in [9.17, 15) is 27.9 Å². The lowest BCUT2D eigenvalue weighted by molar-refractivity contribution is -0.260. The van der Waals surface area contributed by atoms with E-state index in [4.69, 9.17) is 11.6 Å². The Kier molecular flexibility index (Phi) is 5.42. The zero-order valence-electron chi connectivity index (χ0n) is 11.6. The molecular formula is C13H13ClF3NO4. The Morgan fingerprint density at radius 1 is 1.27 bits per heavy atom. The maximum atomic E-state index is 12.9. The second-order valence-corrected chi connectivity index (χ2v) is 4.91. The Morgan fingerprint density at radius 3 is 2.18 bits per heavy atom. The number of hydrogen-bond acceptors (Lipinski definition) is 4. The van der Waals surface area contributed by atoms with Crippen molar-refractivity contribution in [2.75, 3.05) is 12.4 Å². The maximum Gasteiger partial charge on any atom is 0.430 e. The molecular weight excluding hydrogens is 327 g/mol. The molecule has 0 saturated carbocycles. The molecule has 0 aromatic heterocycles. The van der Waals surface area contributed by atoms with E-state index in [1.54, 1.807) is 19.1 Å². The summed E-state index contributed by atoms with van der Waals surface area (Å²) < 4.78 is 42.7. The van der Waals surface area contributed by atoms with Crippen molar-refractivity contribution in [2.45, 2.75) is 24.1 Å². The highest BCUT2D eigenvalue weighted by molar-refractivity contribution is 6.35. The Bertz CT molecular complexity index is 561. The van der Waals surface area contributed by atoms with E-state index in [1.165, 1.54) is 12.1 Å². The summed E-state index contributed by atoms with van der Waals surface area (Å²) in [6.45, 7) is 1.77. The summed E-state index contributed by atoms with van der Waals surface area (Å²) in [5.74, 6) is -3.46. The molecule has 2 atom stereocenters. The van der Waals surface area contributed by atoms with Gasteiger partial charge in [0.1, 0.15) is 0 Å². The number of halogens is 4. The van der Waals surface area contributed by atoms with Crippen LogP contribution in [0.3, 0.4) is 0 Å². The number of hydrogen-bond donors (Lipinski definition) is 2. The Labute approximate surface area is 129 Å². The minimum Gasteiger partial charge on any atom is -0.467 e. The Hall–Kier alpha value is -1.80. The third-order valence-electron chi connectivity index (χ3n) is 2.84. The van der Waals surface area contributed by atoms with E-state index < -0.39 is 29.0 Å². The number of carbonyl (C=O) groups is 2. The number of aliphatic hydroxyl groups is 1. The molecule has 0 aliphatic carbocycles. The summed E-state index contributed by atoms with van der Waals surface area (Å²) in [6, 6.07) is 6.08. The van der Waals surface area contributed by atoms with Crippen LogP contribution in [-0.4, -0.2) is 41.2 Å². The number of rotatable bonds is 4. The number of nitrogens with one attached hydrogen (secondary N) is 1. The monoisotopic (exact) mass is 339 g/mol.